The van der Waals surface area contributed by atoms with Crippen molar-refractivity contribution in [3.63, 3.8) is 0 Å². The van der Waals surface area contributed by atoms with Gasteiger partial charge in [0.2, 0.25) is 0 Å². The Morgan fingerprint density at radius 1 is 1.24 bits per heavy atom. The van der Waals surface area contributed by atoms with Gasteiger partial charge in [-0.2, -0.15) is 0 Å². The van der Waals surface area contributed by atoms with Crippen molar-refractivity contribution in [2.45, 2.75) is 53.4 Å². The molecule has 0 atom stereocenters. The number of carbonyl (C=O) groups excluding carboxylic acids is 1. The molecular weight excluding hydrogens is 282 g/mol. The molecule has 1 aliphatic rings. The molecule has 0 bridgehead atoms. The summed E-state index contributed by atoms with van der Waals surface area (Å²) in [6, 6.07) is 2.08. The van der Waals surface area contributed by atoms with Crippen molar-refractivity contribution in [3.05, 3.63) is 21.4 Å². The van der Waals surface area contributed by atoms with Crippen LogP contribution in [0.2, 0.25) is 0 Å². The standard InChI is InChI=1S/C15H23NO2S.C2H6/c1-11-12(10-13(19-11)15(2,3)4)14(17)16-6-5-8-18-9-7-16;1-2/h10H,5-9H2,1-4H3;1-2H3. The molecule has 0 unspecified atom stereocenters. The third-order valence-electron chi connectivity index (χ3n) is 3.40. The van der Waals surface area contributed by atoms with Crippen LogP contribution in [-0.2, 0) is 10.2 Å². The Hall–Kier alpha value is -0.870. The second-order valence-corrected chi connectivity index (χ2v) is 7.34. The lowest BCUT2D eigenvalue weighted by Gasteiger charge is -2.19. The minimum atomic E-state index is 0.107. The van der Waals surface area contributed by atoms with Gasteiger partial charge in [-0.05, 0) is 24.8 Å². The fourth-order valence-electron chi connectivity index (χ4n) is 2.18. The zero-order valence-corrected chi connectivity index (χ0v) is 15.1. The van der Waals surface area contributed by atoms with Gasteiger partial charge in [-0.25, -0.2) is 0 Å². The number of aryl methyl sites for hydroxylation is 1. The quantitative estimate of drug-likeness (QED) is 0.776. The Morgan fingerprint density at radius 3 is 2.48 bits per heavy atom. The number of ether oxygens (including phenoxy) is 1. The molecule has 1 aliphatic heterocycles. The summed E-state index contributed by atoms with van der Waals surface area (Å²) >= 11 is 1.74. The smallest absolute Gasteiger partial charge is 0.255 e. The molecule has 2 heterocycles. The predicted octanol–water partition coefficient (Wildman–Crippen LogP) is 4.24. The van der Waals surface area contributed by atoms with E-state index in [9.17, 15) is 4.79 Å². The molecular formula is C17H29NO2S. The highest BCUT2D eigenvalue weighted by Gasteiger charge is 2.24. The summed E-state index contributed by atoms with van der Waals surface area (Å²) in [5.41, 5.74) is 0.979. The van der Waals surface area contributed by atoms with Gasteiger partial charge in [0.05, 0.1) is 12.2 Å². The lowest BCUT2D eigenvalue weighted by Crippen LogP contribution is -2.33. The number of amides is 1. The average molecular weight is 311 g/mol. The van der Waals surface area contributed by atoms with Gasteiger partial charge in [0.1, 0.15) is 0 Å². The third kappa shape index (κ3) is 4.82. The highest BCUT2D eigenvalue weighted by Crippen LogP contribution is 2.32. The molecule has 120 valence electrons. The largest absolute Gasteiger partial charge is 0.380 e. The fraction of sp³-hybridized carbons (Fsp3) is 0.706. The van der Waals surface area contributed by atoms with Crippen LogP contribution in [0.1, 0.15) is 61.2 Å². The van der Waals surface area contributed by atoms with E-state index < -0.39 is 0 Å². The van der Waals surface area contributed by atoms with Gasteiger partial charge in [-0.1, -0.05) is 34.6 Å². The van der Waals surface area contributed by atoms with Gasteiger partial charge < -0.3 is 9.64 Å². The van der Waals surface area contributed by atoms with Gasteiger partial charge in [0, 0.05) is 29.5 Å². The molecule has 0 aliphatic carbocycles. The zero-order valence-electron chi connectivity index (χ0n) is 14.3. The molecule has 0 spiro atoms. The van der Waals surface area contributed by atoms with Crippen molar-refractivity contribution in [2.24, 2.45) is 0 Å². The van der Waals surface area contributed by atoms with E-state index in [-0.39, 0.29) is 11.3 Å². The number of rotatable bonds is 1. The van der Waals surface area contributed by atoms with E-state index in [2.05, 4.69) is 26.8 Å². The molecule has 1 saturated heterocycles. The molecule has 0 saturated carbocycles. The van der Waals surface area contributed by atoms with Gasteiger partial charge in [-0.3, -0.25) is 4.79 Å². The van der Waals surface area contributed by atoms with Crippen molar-refractivity contribution < 1.29 is 9.53 Å². The number of hydrogen-bond acceptors (Lipinski definition) is 3. The predicted molar refractivity (Wildman–Crippen MR) is 90.4 cm³/mol. The highest BCUT2D eigenvalue weighted by atomic mass is 32.1. The minimum Gasteiger partial charge on any atom is -0.380 e. The Balaban J connectivity index is 0.00000106. The summed E-state index contributed by atoms with van der Waals surface area (Å²) in [6.07, 6.45) is 0.932. The first kappa shape index (κ1) is 18.2. The maximum absolute atomic E-state index is 12.6. The molecule has 3 nitrogen and oxygen atoms in total. The van der Waals surface area contributed by atoms with Crippen LogP contribution in [0, 0.1) is 6.92 Å². The third-order valence-corrected chi connectivity index (χ3v) is 4.87. The van der Waals surface area contributed by atoms with Crippen molar-refractivity contribution in [3.8, 4) is 0 Å². The van der Waals surface area contributed by atoms with Crippen molar-refractivity contribution in [2.75, 3.05) is 26.3 Å². The molecule has 0 aromatic carbocycles. The molecule has 1 fully saturated rings. The van der Waals surface area contributed by atoms with Gasteiger partial charge in [-0.15, -0.1) is 11.3 Å². The van der Waals surface area contributed by atoms with E-state index in [1.807, 2.05) is 25.7 Å². The van der Waals surface area contributed by atoms with E-state index in [0.29, 0.717) is 13.2 Å². The lowest BCUT2D eigenvalue weighted by molar-refractivity contribution is 0.0741. The first-order valence-electron chi connectivity index (χ1n) is 7.87. The van der Waals surface area contributed by atoms with Crippen LogP contribution in [0.3, 0.4) is 0 Å². The number of nitrogens with zero attached hydrogens (tertiary/aromatic N) is 1. The second-order valence-electron chi connectivity index (χ2n) is 6.09. The van der Waals surface area contributed by atoms with E-state index in [1.54, 1.807) is 11.3 Å². The lowest BCUT2D eigenvalue weighted by atomic mass is 9.94. The average Bonchev–Trinajstić information content (AvgIpc) is 2.66. The monoisotopic (exact) mass is 311 g/mol. The van der Waals surface area contributed by atoms with Crippen molar-refractivity contribution >= 4 is 17.2 Å². The van der Waals surface area contributed by atoms with E-state index in [1.165, 1.54) is 4.88 Å². The maximum Gasteiger partial charge on any atom is 0.255 e. The minimum absolute atomic E-state index is 0.107. The van der Waals surface area contributed by atoms with Crippen LogP contribution >= 0.6 is 11.3 Å². The van der Waals surface area contributed by atoms with Crippen LogP contribution in [0.15, 0.2) is 6.07 Å². The molecule has 1 amide bonds. The highest BCUT2D eigenvalue weighted by molar-refractivity contribution is 7.12. The molecule has 0 N–H and O–H groups in total. The topological polar surface area (TPSA) is 29.5 Å². The van der Waals surface area contributed by atoms with Crippen LogP contribution in [0.25, 0.3) is 0 Å². The zero-order chi connectivity index (χ0) is 16.0. The Morgan fingerprint density at radius 2 is 1.90 bits per heavy atom. The van der Waals surface area contributed by atoms with Crippen LogP contribution in [0.5, 0.6) is 0 Å². The first-order valence-corrected chi connectivity index (χ1v) is 8.69. The molecule has 21 heavy (non-hydrogen) atoms. The second kappa shape index (κ2) is 7.95. The number of carbonyl (C=O) groups is 1. The molecule has 1 aromatic rings. The summed E-state index contributed by atoms with van der Waals surface area (Å²) in [7, 11) is 0. The van der Waals surface area contributed by atoms with E-state index in [4.69, 9.17) is 4.74 Å². The maximum atomic E-state index is 12.6. The number of hydrogen-bond donors (Lipinski definition) is 0. The van der Waals surface area contributed by atoms with Gasteiger partial charge in [0.25, 0.3) is 5.91 Å². The summed E-state index contributed by atoms with van der Waals surface area (Å²) in [6.45, 7) is 15.5. The Labute approximate surface area is 133 Å². The molecule has 2 rings (SSSR count). The SMILES string of the molecule is CC.Cc1sc(C(C)(C)C)cc1C(=O)N1CCCOCC1. The van der Waals surface area contributed by atoms with E-state index in [0.717, 1.165) is 30.0 Å². The molecule has 0 radical (unpaired) electrons. The fourth-order valence-corrected chi connectivity index (χ4v) is 3.25. The summed E-state index contributed by atoms with van der Waals surface area (Å²) < 4.78 is 5.41. The summed E-state index contributed by atoms with van der Waals surface area (Å²) in [5.74, 6) is 0.162. The Bertz CT molecular complexity index is 452. The first-order chi connectivity index (χ1) is 9.89. The summed E-state index contributed by atoms with van der Waals surface area (Å²) in [5, 5.41) is 0. The summed E-state index contributed by atoms with van der Waals surface area (Å²) in [4.78, 5) is 16.9. The Kier molecular flexibility index (Phi) is 6.88. The van der Waals surface area contributed by atoms with Gasteiger partial charge >= 0.3 is 0 Å². The van der Waals surface area contributed by atoms with Crippen LogP contribution < -0.4 is 0 Å². The van der Waals surface area contributed by atoms with Crippen LogP contribution in [-0.4, -0.2) is 37.1 Å². The van der Waals surface area contributed by atoms with Gasteiger partial charge in [0.15, 0.2) is 0 Å². The normalized spacial score (nSPS) is 16.0. The van der Waals surface area contributed by atoms with Crippen molar-refractivity contribution in [1.82, 2.24) is 4.90 Å². The van der Waals surface area contributed by atoms with Crippen molar-refractivity contribution in [1.29, 1.82) is 0 Å². The number of thiophene rings is 1. The van der Waals surface area contributed by atoms with E-state index >= 15 is 0 Å². The van der Waals surface area contributed by atoms with Crippen LogP contribution in [0.4, 0.5) is 0 Å². The molecule has 4 heteroatoms. The molecule has 1 aromatic heterocycles.